The van der Waals surface area contributed by atoms with Gasteiger partial charge in [0.2, 0.25) is 0 Å². The molecule has 25 heavy (non-hydrogen) atoms. The van der Waals surface area contributed by atoms with Crippen molar-refractivity contribution in [3.63, 3.8) is 0 Å². The summed E-state index contributed by atoms with van der Waals surface area (Å²) < 4.78 is 16.2. The van der Waals surface area contributed by atoms with Crippen LogP contribution in [0.3, 0.4) is 0 Å². The van der Waals surface area contributed by atoms with E-state index in [0.717, 1.165) is 5.56 Å². The highest BCUT2D eigenvalue weighted by Gasteiger charge is 2.19. The molecule has 2 aromatic rings. The highest BCUT2D eigenvalue weighted by atomic mass is 16.5. The first-order valence-electron chi connectivity index (χ1n) is 8.36. The van der Waals surface area contributed by atoms with E-state index in [9.17, 15) is 4.79 Å². The molecular weight excluding hydrogens is 318 g/mol. The number of hydrogen-bond donors (Lipinski definition) is 0. The van der Waals surface area contributed by atoms with Gasteiger partial charge in [0.05, 0.1) is 26.4 Å². The number of amides is 1. The number of nitrogens with zero attached hydrogens (tertiary/aromatic N) is 1. The summed E-state index contributed by atoms with van der Waals surface area (Å²) in [6.45, 7) is 5.46. The lowest BCUT2D eigenvalue weighted by atomic mass is 10.1. The van der Waals surface area contributed by atoms with E-state index in [0.29, 0.717) is 42.5 Å². The quantitative estimate of drug-likeness (QED) is 0.732. The zero-order valence-corrected chi connectivity index (χ0v) is 15.2. The molecule has 134 valence electrons. The van der Waals surface area contributed by atoms with E-state index in [-0.39, 0.29) is 5.91 Å². The van der Waals surface area contributed by atoms with E-state index >= 15 is 0 Å². The maximum Gasteiger partial charge on any atom is 0.257 e. The Morgan fingerprint density at radius 1 is 0.960 bits per heavy atom. The van der Waals surface area contributed by atoms with E-state index in [4.69, 9.17) is 14.2 Å². The maximum absolute atomic E-state index is 12.9. The molecule has 0 saturated carbocycles. The highest BCUT2D eigenvalue weighted by Crippen LogP contribution is 2.28. The molecule has 0 unspecified atom stereocenters. The SMILES string of the molecule is CCOc1ccccc1C(=O)N(CC)Cc1ccc(OC)c(OC)c1. The number of rotatable bonds is 8. The normalized spacial score (nSPS) is 10.2. The second kappa shape index (κ2) is 8.97. The summed E-state index contributed by atoms with van der Waals surface area (Å²) in [5.74, 6) is 1.88. The molecule has 0 spiro atoms. The van der Waals surface area contributed by atoms with Crippen LogP contribution in [0.5, 0.6) is 17.2 Å². The van der Waals surface area contributed by atoms with Crippen LogP contribution in [-0.4, -0.2) is 38.2 Å². The summed E-state index contributed by atoms with van der Waals surface area (Å²) in [6, 6.07) is 13.0. The van der Waals surface area contributed by atoms with Crippen molar-refractivity contribution in [2.45, 2.75) is 20.4 Å². The van der Waals surface area contributed by atoms with Gasteiger partial charge in [0, 0.05) is 13.1 Å². The number of para-hydroxylation sites is 1. The Kier molecular flexibility index (Phi) is 6.69. The van der Waals surface area contributed by atoms with Crippen molar-refractivity contribution in [1.29, 1.82) is 0 Å². The molecule has 0 N–H and O–H groups in total. The van der Waals surface area contributed by atoms with E-state index in [1.54, 1.807) is 25.2 Å². The molecule has 0 aromatic heterocycles. The summed E-state index contributed by atoms with van der Waals surface area (Å²) >= 11 is 0. The average Bonchev–Trinajstić information content (AvgIpc) is 2.66. The van der Waals surface area contributed by atoms with Gasteiger partial charge < -0.3 is 19.1 Å². The van der Waals surface area contributed by atoms with Crippen LogP contribution in [0.25, 0.3) is 0 Å². The summed E-state index contributed by atoms with van der Waals surface area (Å²) in [6.07, 6.45) is 0. The minimum absolute atomic E-state index is 0.0543. The summed E-state index contributed by atoms with van der Waals surface area (Å²) in [5.41, 5.74) is 1.55. The smallest absolute Gasteiger partial charge is 0.257 e. The lowest BCUT2D eigenvalue weighted by molar-refractivity contribution is 0.0748. The Morgan fingerprint density at radius 3 is 2.32 bits per heavy atom. The molecule has 0 bridgehead atoms. The molecule has 5 nitrogen and oxygen atoms in total. The molecule has 0 atom stereocenters. The van der Waals surface area contributed by atoms with Gasteiger partial charge in [-0.15, -0.1) is 0 Å². The Bertz CT molecular complexity index is 715. The van der Waals surface area contributed by atoms with Crippen LogP contribution in [-0.2, 0) is 6.54 Å². The Morgan fingerprint density at radius 2 is 1.68 bits per heavy atom. The minimum atomic E-state index is -0.0543. The monoisotopic (exact) mass is 343 g/mol. The van der Waals surface area contributed by atoms with Crippen LogP contribution in [0.4, 0.5) is 0 Å². The standard InChI is InChI=1S/C20H25NO4/c1-5-21(14-15-11-12-18(23-3)19(13-15)24-4)20(22)16-9-7-8-10-17(16)25-6-2/h7-13H,5-6,14H2,1-4H3. The van der Waals surface area contributed by atoms with Gasteiger partial charge in [0.1, 0.15) is 5.75 Å². The van der Waals surface area contributed by atoms with Gasteiger partial charge in [0.25, 0.3) is 5.91 Å². The van der Waals surface area contributed by atoms with E-state index in [2.05, 4.69) is 0 Å². The van der Waals surface area contributed by atoms with Gasteiger partial charge in [-0.05, 0) is 43.7 Å². The molecule has 0 aliphatic carbocycles. The third-order valence-electron chi connectivity index (χ3n) is 3.91. The van der Waals surface area contributed by atoms with Crippen LogP contribution in [0.2, 0.25) is 0 Å². The Balaban J connectivity index is 2.24. The van der Waals surface area contributed by atoms with Gasteiger partial charge >= 0.3 is 0 Å². The number of benzene rings is 2. The predicted molar refractivity (Wildman–Crippen MR) is 97.6 cm³/mol. The third kappa shape index (κ3) is 4.44. The van der Waals surface area contributed by atoms with Crippen molar-refractivity contribution >= 4 is 5.91 Å². The molecule has 0 aliphatic rings. The van der Waals surface area contributed by atoms with E-state index in [1.807, 2.05) is 50.2 Å². The fraction of sp³-hybridized carbons (Fsp3) is 0.350. The number of ether oxygens (including phenoxy) is 3. The van der Waals surface area contributed by atoms with Crippen molar-refractivity contribution < 1.29 is 19.0 Å². The van der Waals surface area contributed by atoms with Crippen LogP contribution >= 0.6 is 0 Å². The number of hydrogen-bond acceptors (Lipinski definition) is 4. The van der Waals surface area contributed by atoms with Gasteiger partial charge in [-0.3, -0.25) is 4.79 Å². The van der Waals surface area contributed by atoms with E-state index in [1.165, 1.54) is 0 Å². The first-order valence-corrected chi connectivity index (χ1v) is 8.36. The largest absolute Gasteiger partial charge is 0.493 e. The summed E-state index contributed by atoms with van der Waals surface area (Å²) in [5, 5.41) is 0. The molecule has 1 amide bonds. The number of methoxy groups -OCH3 is 2. The van der Waals surface area contributed by atoms with Crippen molar-refractivity contribution in [2.75, 3.05) is 27.4 Å². The number of carbonyl (C=O) groups is 1. The zero-order chi connectivity index (χ0) is 18.2. The van der Waals surface area contributed by atoms with Crippen LogP contribution in [0, 0.1) is 0 Å². The molecule has 0 radical (unpaired) electrons. The molecule has 0 heterocycles. The molecule has 2 aromatic carbocycles. The lowest BCUT2D eigenvalue weighted by Gasteiger charge is -2.23. The van der Waals surface area contributed by atoms with Crippen molar-refractivity contribution in [1.82, 2.24) is 4.90 Å². The van der Waals surface area contributed by atoms with Crippen LogP contribution in [0.15, 0.2) is 42.5 Å². The molecule has 0 saturated heterocycles. The summed E-state index contributed by atoms with van der Waals surface area (Å²) in [4.78, 5) is 14.7. The Hall–Kier alpha value is -2.69. The molecule has 2 rings (SSSR count). The minimum Gasteiger partial charge on any atom is -0.493 e. The third-order valence-corrected chi connectivity index (χ3v) is 3.91. The fourth-order valence-corrected chi connectivity index (χ4v) is 2.62. The Labute approximate surface area is 149 Å². The van der Waals surface area contributed by atoms with Crippen LogP contribution < -0.4 is 14.2 Å². The second-order valence-corrected chi connectivity index (χ2v) is 5.44. The van der Waals surface area contributed by atoms with E-state index < -0.39 is 0 Å². The van der Waals surface area contributed by atoms with Crippen LogP contribution in [0.1, 0.15) is 29.8 Å². The summed E-state index contributed by atoms with van der Waals surface area (Å²) in [7, 11) is 3.20. The van der Waals surface area contributed by atoms with Crippen molar-refractivity contribution in [2.24, 2.45) is 0 Å². The molecule has 0 aliphatic heterocycles. The molecular formula is C20H25NO4. The fourth-order valence-electron chi connectivity index (χ4n) is 2.62. The van der Waals surface area contributed by atoms with Gasteiger partial charge in [0.15, 0.2) is 11.5 Å². The average molecular weight is 343 g/mol. The lowest BCUT2D eigenvalue weighted by Crippen LogP contribution is -2.30. The predicted octanol–water partition coefficient (Wildman–Crippen LogP) is 3.76. The molecule has 5 heteroatoms. The van der Waals surface area contributed by atoms with Crippen molar-refractivity contribution in [3.8, 4) is 17.2 Å². The van der Waals surface area contributed by atoms with Crippen molar-refractivity contribution in [3.05, 3.63) is 53.6 Å². The topological polar surface area (TPSA) is 48.0 Å². The first kappa shape index (κ1) is 18.6. The van der Waals surface area contributed by atoms with Gasteiger partial charge in [-0.25, -0.2) is 0 Å². The van der Waals surface area contributed by atoms with Gasteiger partial charge in [-0.1, -0.05) is 18.2 Å². The number of carbonyl (C=O) groups excluding carboxylic acids is 1. The zero-order valence-electron chi connectivity index (χ0n) is 15.2. The highest BCUT2D eigenvalue weighted by molar-refractivity contribution is 5.96. The van der Waals surface area contributed by atoms with Gasteiger partial charge in [-0.2, -0.15) is 0 Å². The maximum atomic E-state index is 12.9. The second-order valence-electron chi connectivity index (χ2n) is 5.44. The first-order chi connectivity index (χ1) is 12.1. The molecule has 0 fully saturated rings.